The molecule has 0 radical (unpaired) electrons. The number of nitrogens with one attached hydrogen (secondary N) is 1. The van der Waals surface area contributed by atoms with Crippen LogP contribution in [0.3, 0.4) is 0 Å². The molecule has 1 aromatic carbocycles. The van der Waals surface area contributed by atoms with Gasteiger partial charge in [-0.15, -0.1) is 0 Å². The minimum atomic E-state index is -0.443. The molecule has 1 atom stereocenters. The van der Waals surface area contributed by atoms with Crippen LogP contribution in [-0.4, -0.2) is 9.78 Å². The van der Waals surface area contributed by atoms with Crippen LogP contribution in [0.4, 0.5) is 4.39 Å². The fourth-order valence-corrected chi connectivity index (χ4v) is 2.85. The van der Waals surface area contributed by atoms with Gasteiger partial charge in [-0.3, -0.25) is 10.5 Å². The lowest BCUT2D eigenvalue weighted by Gasteiger charge is -2.20. The Hall–Kier alpha value is -0.950. The van der Waals surface area contributed by atoms with Crippen molar-refractivity contribution in [1.82, 2.24) is 15.2 Å². The van der Waals surface area contributed by atoms with Gasteiger partial charge in [0.25, 0.3) is 0 Å². The van der Waals surface area contributed by atoms with Gasteiger partial charge >= 0.3 is 0 Å². The molecule has 1 heterocycles. The predicted octanol–water partition coefficient (Wildman–Crippen LogP) is 3.40. The number of hydrazine groups is 1. The van der Waals surface area contributed by atoms with Gasteiger partial charge in [-0.05, 0) is 34.0 Å². The van der Waals surface area contributed by atoms with E-state index in [1.54, 1.807) is 23.0 Å². The molecule has 0 amide bonds. The summed E-state index contributed by atoms with van der Waals surface area (Å²) in [6, 6.07) is 4.36. The highest BCUT2D eigenvalue weighted by atomic mass is 79.9. The van der Waals surface area contributed by atoms with Gasteiger partial charge in [0.1, 0.15) is 5.82 Å². The highest BCUT2D eigenvalue weighted by Gasteiger charge is 2.23. The molecule has 20 heavy (non-hydrogen) atoms. The first-order chi connectivity index (χ1) is 9.60. The second-order valence-corrected chi connectivity index (χ2v) is 5.54. The van der Waals surface area contributed by atoms with Crippen molar-refractivity contribution in [2.45, 2.75) is 25.9 Å². The quantitative estimate of drug-likeness (QED) is 0.634. The molecule has 0 fully saturated rings. The van der Waals surface area contributed by atoms with Crippen molar-refractivity contribution < 1.29 is 4.39 Å². The van der Waals surface area contributed by atoms with Crippen LogP contribution in [0.2, 0.25) is 5.02 Å². The first-order valence-electron chi connectivity index (χ1n) is 6.21. The van der Waals surface area contributed by atoms with Crippen LogP contribution >= 0.6 is 27.5 Å². The van der Waals surface area contributed by atoms with Crippen LogP contribution in [0.25, 0.3) is 0 Å². The van der Waals surface area contributed by atoms with Gasteiger partial charge in [0.2, 0.25) is 0 Å². The first-order valence-corrected chi connectivity index (χ1v) is 7.38. The normalized spacial score (nSPS) is 12.7. The number of halogens is 3. The molecule has 2 rings (SSSR count). The number of aromatic nitrogens is 2. The molecule has 0 aliphatic rings. The Morgan fingerprint density at radius 3 is 2.95 bits per heavy atom. The number of hydrogen-bond acceptors (Lipinski definition) is 3. The summed E-state index contributed by atoms with van der Waals surface area (Å²) in [7, 11) is 0. The molecule has 3 N–H and O–H groups in total. The zero-order valence-electron chi connectivity index (χ0n) is 10.9. The Bertz CT molecular complexity index is 602. The van der Waals surface area contributed by atoms with Gasteiger partial charge in [-0.2, -0.15) is 5.10 Å². The van der Waals surface area contributed by atoms with Crippen molar-refractivity contribution >= 4 is 27.5 Å². The molecule has 108 valence electrons. The Morgan fingerprint density at radius 2 is 2.30 bits per heavy atom. The molecular weight excluding hydrogens is 347 g/mol. The lowest BCUT2D eigenvalue weighted by atomic mass is 10.0. The summed E-state index contributed by atoms with van der Waals surface area (Å²) in [5.41, 5.74) is 4.08. The maximum absolute atomic E-state index is 13.7. The van der Waals surface area contributed by atoms with Crippen molar-refractivity contribution in [3.63, 3.8) is 0 Å². The number of nitrogens with zero attached hydrogens (tertiary/aromatic N) is 2. The Balaban J connectivity index is 2.52. The van der Waals surface area contributed by atoms with Crippen LogP contribution < -0.4 is 11.3 Å². The minimum Gasteiger partial charge on any atom is -0.271 e. The number of aryl methyl sites for hydroxylation is 1. The molecule has 1 aromatic heterocycles. The molecule has 7 heteroatoms. The zero-order valence-corrected chi connectivity index (χ0v) is 13.2. The largest absolute Gasteiger partial charge is 0.271 e. The van der Waals surface area contributed by atoms with Crippen LogP contribution in [0, 0.1) is 5.82 Å². The van der Waals surface area contributed by atoms with Crippen molar-refractivity contribution in [2.75, 3.05) is 0 Å². The number of rotatable bonds is 5. The van der Waals surface area contributed by atoms with E-state index in [0.717, 1.165) is 12.1 Å². The summed E-state index contributed by atoms with van der Waals surface area (Å²) in [6.07, 6.45) is 2.48. The summed E-state index contributed by atoms with van der Waals surface area (Å²) >= 11 is 9.46. The monoisotopic (exact) mass is 360 g/mol. The minimum absolute atomic E-state index is 0.347. The first kappa shape index (κ1) is 15.4. The van der Waals surface area contributed by atoms with E-state index in [9.17, 15) is 4.39 Å². The van der Waals surface area contributed by atoms with Crippen molar-refractivity contribution in [3.8, 4) is 0 Å². The van der Waals surface area contributed by atoms with Gasteiger partial charge in [-0.1, -0.05) is 30.7 Å². The second kappa shape index (κ2) is 6.67. The maximum atomic E-state index is 13.7. The van der Waals surface area contributed by atoms with Crippen molar-refractivity contribution in [1.29, 1.82) is 0 Å². The third kappa shape index (κ3) is 2.88. The summed E-state index contributed by atoms with van der Waals surface area (Å²) in [6.45, 7) is 2.76. The van der Waals surface area contributed by atoms with Crippen molar-refractivity contribution in [3.05, 3.63) is 51.0 Å². The predicted molar refractivity (Wildman–Crippen MR) is 80.8 cm³/mol. The third-order valence-electron chi connectivity index (χ3n) is 3.00. The molecule has 2 aromatic rings. The maximum Gasteiger partial charge on any atom is 0.137 e. The summed E-state index contributed by atoms with van der Waals surface area (Å²) < 4.78 is 15.8. The second-order valence-electron chi connectivity index (χ2n) is 4.34. The third-order valence-corrected chi connectivity index (χ3v) is 4.13. The van der Waals surface area contributed by atoms with Crippen LogP contribution in [-0.2, 0) is 6.54 Å². The SMILES string of the molecule is CCCn1ncc(Cl)c1C(NN)c1cccc(F)c1Br. The Morgan fingerprint density at radius 1 is 1.55 bits per heavy atom. The van der Waals surface area contributed by atoms with E-state index in [-0.39, 0.29) is 5.82 Å². The summed E-state index contributed by atoms with van der Waals surface area (Å²) in [5, 5.41) is 4.73. The van der Waals surface area contributed by atoms with E-state index in [0.29, 0.717) is 21.6 Å². The van der Waals surface area contributed by atoms with Gasteiger partial charge in [-0.25, -0.2) is 9.82 Å². The van der Waals surface area contributed by atoms with E-state index >= 15 is 0 Å². The molecule has 4 nitrogen and oxygen atoms in total. The zero-order chi connectivity index (χ0) is 14.7. The molecule has 0 saturated heterocycles. The molecule has 0 aliphatic carbocycles. The van der Waals surface area contributed by atoms with Gasteiger partial charge in [0.05, 0.1) is 27.4 Å². The highest BCUT2D eigenvalue weighted by molar-refractivity contribution is 9.10. The molecule has 0 bridgehead atoms. The van der Waals surface area contributed by atoms with Crippen molar-refractivity contribution in [2.24, 2.45) is 5.84 Å². The van der Waals surface area contributed by atoms with E-state index in [1.807, 2.05) is 6.92 Å². The number of nitrogens with two attached hydrogens (primary N) is 1. The fourth-order valence-electron chi connectivity index (χ4n) is 2.11. The molecule has 0 aliphatic heterocycles. The number of hydrogen-bond donors (Lipinski definition) is 2. The van der Waals surface area contributed by atoms with Crippen LogP contribution in [0.15, 0.2) is 28.9 Å². The smallest absolute Gasteiger partial charge is 0.137 e. The molecule has 0 spiro atoms. The lowest BCUT2D eigenvalue weighted by molar-refractivity contribution is 0.517. The van der Waals surface area contributed by atoms with E-state index in [4.69, 9.17) is 17.4 Å². The topological polar surface area (TPSA) is 55.9 Å². The van der Waals surface area contributed by atoms with Gasteiger partial charge in [0, 0.05) is 6.54 Å². The standard InChI is InChI=1S/C13H15BrClFN4/c1-2-6-20-13(9(15)7-18-20)12(19-17)8-4-3-5-10(16)11(8)14/h3-5,7,12,19H,2,6,17H2,1H3. The fraction of sp³-hybridized carbons (Fsp3) is 0.308. The van der Waals surface area contributed by atoms with Crippen LogP contribution in [0.1, 0.15) is 30.6 Å². The average molecular weight is 362 g/mol. The molecular formula is C13H15BrClFN4. The Labute approximate surface area is 130 Å². The summed E-state index contributed by atoms with van der Waals surface area (Å²) in [4.78, 5) is 0. The van der Waals surface area contributed by atoms with Gasteiger partial charge < -0.3 is 0 Å². The van der Waals surface area contributed by atoms with Crippen LogP contribution in [0.5, 0.6) is 0 Å². The average Bonchev–Trinajstić information content (AvgIpc) is 2.78. The molecule has 1 unspecified atom stereocenters. The Kier molecular flexibility index (Phi) is 5.15. The van der Waals surface area contributed by atoms with E-state index in [2.05, 4.69) is 26.5 Å². The summed E-state index contributed by atoms with van der Waals surface area (Å²) in [5.74, 6) is 5.31. The van der Waals surface area contributed by atoms with Gasteiger partial charge in [0.15, 0.2) is 0 Å². The molecule has 0 saturated carbocycles. The van der Waals surface area contributed by atoms with E-state index in [1.165, 1.54) is 6.07 Å². The highest BCUT2D eigenvalue weighted by Crippen LogP contribution is 2.33. The van der Waals surface area contributed by atoms with E-state index < -0.39 is 6.04 Å². The lowest BCUT2D eigenvalue weighted by Crippen LogP contribution is -2.31. The number of benzene rings is 1.